The molecule has 7 nitrogen and oxygen atoms in total. The first-order valence-corrected chi connectivity index (χ1v) is 9.35. The van der Waals surface area contributed by atoms with E-state index in [9.17, 15) is 16.8 Å². The van der Waals surface area contributed by atoms with Gasteiger partial charge in [-0.2, -0.15) is 0 Å². The monoisotopic (exact) mass is 337 g/mol. The number of nitrogens with two attached hydrogens (primary N) is 1. The van der Waals surface area contributed by atoms with E-state index in [1.807, 2.05) is 0 Å². The van der Waals surface area contributed by atoms with Gasteiger partial charge in [0.1, 0.15) is 9.88 Å². The summed E-state index contributed by atoms with van der Waals surface area (Å²) in [5, 5.41) is 0. The maximum Gasteiger partial charge on any atom is 0.242 e. The zero-order valence-electron chi connectivity index (χ0n) is 10.7. The highest BCUT2D eigenvalue weighted by atomic mass is 32.2. The minimum atomic E-state index is -3.79. The molecule has 1 rings (SSSR count). The summed E-state index contributed by atoms with van der Waals surface area (Å²) in [5.74, 6) is -0.278. The van der Waals surface area contributed by atoms with E-state index in [1.54, 1.807) is 0 Å². The molecule has 0 bridgehead atoms. The normalized spacial score (nSPS) is 12.2. The highest BCUT2D eigenvalue weighted by Crippen LogP contribution is 2.07. The van der Waals surface area contributed by atoms with Crippen molar-refractivity contribution in [2.24, 2.45) is 5.73 Å². The molecule has 112 valence electrons. The van der Waals surface area contributed by atoms with Gasteiger partial charge in [0.15, 0.2) is 9.84 Å². The number of pyridine rings is 1. The standard InChI is InChI=1S/C10H15N3O4S3/c1-2-19(14,15)6-5-13-20(16,17)8-3-4-9(10(11)18)12-7-8/h3-4,7,13H,2,5-6H2,1H3,(H2,11,18). The molecule has 3 N–H and O–H groups in total. The second kappa shape index (κ2) is 6.57. The van der Waals surface area contributed by atoms with Crippen LogP contribution in [0.2, 0.25) is 0 Å². The Morgan fingerprint density at radius 1 is 1.35 bits per heavy atom. The molecule has 0 saturated carbocycles. The van der Waals surface area contributed by atoms with Gasteiger partial charge in [0.25, 0.3) is 0 Å². The largest absolute Gasteiger partial charge is 0.388 e. The molecule has 1 aromatic heterocycles. The van der Waals surface area contributed by atoms with Crippen LogP contribution in [0.1, 0.15) is 12.6 Å². The van der Waals surface area contributed by atoms with Gasteiger partial charge in [0.05, 0.1) is 11.4 Å². The molecule has 0 saturated heterocycles. The van der Waals surface area contributed by atoms with Crippen LogP contribution in [0.4, 0.5) is 0 Å². The maximum absolute atomic E-state index is 11.9. The molecule has 0 spiro atoms. The highest BCUT2D eigenvalue weighted by Gasteiger charge is 2.16. The molecule has 0 atom stereocenters. The molecular formula is C10H15N3O4S3. The lowest BCUT2D eigenvalue weighted by molar-refractivity contribution is 0.581. The van der Waals surface area contributed by atoms with Gasteiger partial charge in [0.2, 0.25) is 10.0 Å². The fourth-order valence-corrected chi connectivity index (χ4v) is 3.17. The van der Waals surface area contributed by atoms with Crippen molar-refractivity contribution >= 4 is 37.1 Å². The summed E-state index contributed by atoms with van der Waals surface area (Å²) < 4.78 is 48.5. The molecule has 0 aromatic carbocycles. The van der Waals surface area contributed by atoms with Gasteiger partial charge in [-0.05, 0) is 12.1 Å². The Hall–Kier alpha value is -1.10. The lowest BCUT2D eigenvalue weighted by atomic mass is 10.3. The Morgan fingerprint density at radius 2 is 2.00 bits per heavy atom. The topological polar surface area (TPSA) is 119 Å². The number of nitrogens with zero attached hydrogens (tertiary/aromatic N) is 1. The summed E-state index contributed by atoms with van der Waals surface area (Å²) in [7, 11) is -7.01. The Labute approximate surface area is 123 Å². The first kappa shape index (κ1) is 17.0. The predicted octanol–water partition coefficient (Wildman–Crippen LogP) is -0.571. The Balaban J connectivity index is 2.77. The number of hydrogen-bond acceptors (Lipinski definition) is 6. The lowest BCUT2D eigenvalue weighted by Gasteiger charge is -2.07. The van der Waals surface area contributed by atoms with E-state index in [2.05, 4.69) is 9.71 Å². The third-order valence-electron chi connectivity index (χ3n) is 2.44. The van der Waals surface area contributed by atoms with Crippen LogP contribution in [-0.4, -0.2) is 44.9 Å². The second-order valence-electron chi connectivity index (χ2n) is 3.88. The van der Waals surface area contributed by atoms with Gasteiger partial charge in [-0.3, -0.25) is 4.98 Å². The summed E-state index contributed by atoms with van der Waals surface area (Å²) in [6.45, 7) is 1.32. The molecule has 0 fully saturated rings. The Morgan fingerprint density at radius 3 is 2.45 bits per heavy atom. The van der Waals surface area contributed by atoms with Crippen LogP contribution in [-0.2, 0) is 19.9 Å². The number of aromatic nitrogens is 1. The zero-order valence-corrected chi connectivity index (χ0v) is 13.2. The van der Waals surface area contributed by atoms with Crippen molar-refractivity contribution in [2.45, 2.75) is 11.8 Å². The van der Waals surface area contributed by atoms with E-state index in [1.165, 1.54) is 19.1 Å². The third-order valence-corrected chi connectivity index (χ3v) is 5.81. The molecule has 0 amide bonds. The van der Waals surface area contributed by atoms with Crippen molar-refractivity contribution in [1.82, 2.24) is 9.71 Å². The van der Waals surface area contributed by atoms with Crippen molar-refractivity contribution in [3.05, 3.63) is 24.0 Å². The first-order valence-electron chi connectivity index (χ1n) is 5.64. The minimum absolute atomic E-state index is 0.0288. The van der Waals surface area contributed by atoms with Crippen molar-refractivity contribution in [1.29, 1.82) is 0 Å². The molecule has 10 heteroatoms. The van der Waals surface area contributed by atoms with Gasteiger partial charge in [-0.15, -0.1) is 0 Å². The summed E-state index contributed by atoms with van der Waals surface area (Å²) in [5.41, 5.74) is 5.67. The van der Waals surface area contributed by atoms with Gasteiger partial charge in [0, 0.05) is 18.5 Å². The Bertz CT molecular complexity index is 681. The summed E-state index contributed by atoms with van der Waals surface area (Å²) in [6.07, 6.45) is 1.12. The second-order valence-corrected chi connectivity index (χ2v) is 8.56. The number of sulfone groups is 1. The van der Waals surface area contributed by atoms with Crippen LogP contribution < -0.4 is 10.5 Å². The van der Waals surface area contributed by atoms with Gasteiger partial charge in [-0.1, -0.05) is 19.1 Å². The molecule has 0 radical (unpaired) electrons. The molecule has 0 aliphatic rings. The zero-order chi connectivity index (χ0) is 15.4. The number of hydrogen-bond donors (Lipinski definition) is 2. The van der Waals surface area contributed by atoms with E-state index in [0.29, 0.717) is 5.69 Å². The summed E-state index contributed by atoms with van der Waals surface area (Å²) in [6, 6.07) is 2.69. The molecule has 1 heterocycles. The molecule has 1 aromatic rings. The van der Waals surface area contributed by atoms with E-state index in [4.69, 9.17) is 18.0 Å². The molecule has 0 unspecified atom stereocenters. The summed E-state index contributed by atoms with van der Waals surface area (Å²) in [4.78, 5) is 3.80. The van der Waals surface area contributed by atoms with Crippen molar-refractivity contribution in [3.63, 3.8) is 0 Å². The molecule has 0 aliphatic carbocycles. The van der Waals surface area contributed by atoms with Crippen LogP contribution in [0.15, 0.2) is 23.2 Å². The average Bonchev–Trinajstić information content (AvgIpc) is 2.38. The number of rotatable bonds is 7. The minimum Gasteiger partial charge on any atom is -0.388 e. The van der Waals surface area contributed by atoms with Crippen LogP contribution in [0.25, 0.3) is 0 Å². The van der Waals surface area contributed by atoms with Crippen LogP contribution in [0.5, 0.6) is 0 Å². The lowest BCUT2D eigenvalue weighted by Crippen LogP contribution is -2.29. The molecule has 20 heavy (non-hydrogen) atoms. The number of nitrogens with one attached hydrogen (secondary N) is 1. The van der Waals surface area contributed by atoms with Crippen molar-refractivity contribution in [3.8, 4) is 0 Å². The van der Waals surface area contributed by atoms with Crippen LogP contribution in [0, 0.1) is 0 Å². The van der Waals surface area contributed by atoms with Gasteiger partial charge in [-0.25, -0.2) is 21.6 Å². The molecular weight excluding hydrogens is 322 g/mol. The quantitative estimate of drug-likeness (QED) is 0.639. The van der Waals surface area contributed by atoms with Gasteiger partial charge >= 0.3 is 0 Å². The van der Waals surface area contributed by atoms with E-state index >= 15 is 0 Å². The third kappa shape index (κ3) is 4.78. The Kier molecular flexibility index (Phi) is 5.57. The highest BCUT2D eigenvalue weighted by molar-refractivity contribution is 7.91. The van der Waals surface area contributed by atoms with Crippen LogP contribution >= 0.6 is 12.2 Å². The molecule has 0 aliphatic heterocycles. The predicted molar refractivity (Wildman–Crippen MR) is 79.6 cm³/mol. The SMILES string of the molecule is CCS(=O)(=O)CCNS(=O)(=O)c1ccc(C(N)=S)nc1. The smallest absolute Gasteiger partial charge is 0.242 e. The number of sulfonamides is 1. The fraction of sp³-hybridized carbons (Fsp3) is 0.400. The van der Waals surface area contributed by atoms with E-state index < -0.39 is 19.9 Å². The first-order chi connectivity index (χ1) is 9.18. The van der Waals surface area contributed by atoms with Crippen molar-refractivity contribution in [2.75, 3.05) is 18.1 Å². The van der Waals surface area contributed by atoms with Crippen LogP contribution in [0.3, 0.4) is 0 Å². The van der Waals surface area contributed by atoms with Gasteiger partial charge < -0.3 is 5.73 Å². The number of thiocarbonyl (C=S) groups is 1. The fourth-order valence-electron chi connectivity index (χ4n) is 1.24. The van der Waals surface area contributed by atoms with Crippen molar-refractivity contribution < 1.29 is 16.8 Å². The van der Waals surface area contributed by atoms with E-state index in [-0.39, 0.29) is 27.9 Å². The average molecular weight is 337 g/mol. The summed E-state index contributed by atoms with van der Waals surface area (Å²) >= 11 is 4.71. The van der Waals surface area contributed by atoms with E-state index in [0.717, 1.165) is 6.20 Å². The maximum atomic E-state index is 11.9.